The van der Waals surface area contributed by atoms with Gasteiger partial charge < -0.3 is 50.5 Å². The maximum Gasteiger partial charge on any atom is 0.0878 e. The van der Waals surface area contributed by atoms with Crippen molar-refractivity contribution in [1.82, 2.24) is 0 Å². The van der Waals surface area contributed by atoms with Crippen LogP contribution in [0.15, 0.2) is 19.9 Å². The third-order valence-electron chi connectivity index (χ3n) is 0.795. The quantitative estimate of drug-likeness (QED) is 0.285. The summed E-state index contributed by atoms with van der Waals surface area (Å²) in [6.07, 6.45) is 0. The Hall–Kier alpha value is -1.16. The Morgan fingerprint density at radius 2 is 1.06 bits per heavy atom. The first kappa shape index (κ1) is 25.6. The Labute approximate surface area is 139 Å². The average Bonchev–Trinajstić information content (AvgIpc) is 2.35. The van der Waals surface area contributed by atoms with E-state index in [-0.39, 0.29) is 44.4 Å². The van der Waals surface area contributed by atoms with E-state index in [9.17, 15) is 0 Å². The van der Waals surface area contributed by atoms with Gasteiger partial charge in [0.1, 0.15) is 0 Å². The van der Waals surface area contributed by atoms with E-state index in [1.54, 1.807) is 12.1 Å². The molecule has 18 heavy (non-hydrogen) atoms. The van der Waals surface area contributed by atoms with Crippen molar-refractivity contribution < 1.29 is 17.1 Å². The van der Waals surface area contributed by atoms with Crippen molar-refractivity contribution in [3.8, 4) is 12.1 Å². The number of rotatable bonds is 0. The summed E-state index contributed by atoms with van der Waals surface area (Å²) in [6, 6.07) is 3.17. The Kier molecular flexibility index (Phi) is 22.6. The summed E-state index contributed by atoms with van der Waals surface area (Å²) in [7, 11) is 0. The first-order valence-corrected chi connectivity index (χ1v) is 4.79. The maximum atomic E-state index is 8.01. The molecule has 0 spiro atoms. The second-order valence-electron chi connectivity index (χ2n) is 1.72. The van der Waals surface area contributed by atoms with Crippen LogP contribution < -0.4 is 0 Å². The average molecular weight is 360 g/mol. The third kappa shape index (κ3) is 12.9. The van der Waals surface area contributed by atoms with Gasteiger partial charge >= 0.3 is 0 Å². The van der Waals surface area contributed by atoms with Crippen molar-refractivity contribution in [2.24, 2.45) is 0 Å². The van der Waals surface area contributed by atoms with Gasteiger partial charge in [0.25, 0.3) is 0 Å². The first-order valence-electron chi connectivity index (χ1n) is 3.16. The molecule has 4 nitrogen and oxygen atoms in total. The van der Waals surface area contributed by atoms with Gasteiger partial charge in [-0.25, -0.2) is 0 Å². The van der Waals surface area contributed by atoms with Crippen LogP contribution in [0.1, 0.15) is 7.43 Å². The topological polar surface area (TPSA) is 56.3 Å². The zero-order chi connectivity index (χ0) is 13.1. The van der Waals surface area contributed by atoms with E-state index >= 15 is 0 Å². The zero-order valence-electron chi connectivity index (χ0n) is 7.72. The van der Waals surface area contributed by atoms with Crippen molar-refractivity contribution in [2.45, 2.75) is 7.43 Å². The Morgan fingerprint density at radius 1 is 0.833 bits per heavy atom. The molecule has 0 N–H and O–H groups in total. The second kappa shape index (κ2) is 15.8. The van der Waals surface area contributed by atoms with Gasteiger partial charge in [-0.1, -0.05) is 7.43 Å². The first-order chi connectivity index (χ1) is 7.44. The Bertz CT molecular complexity index is 395. The molecule has 0 rings (SSSR count). The predicted octanol–water partition coefficient (Wildman–Crippen LogP) is 2.02. The fraction of sp³-hybridized carbons (Fsp3) is 0.111. The standard InChI is InChI=1S/2C4H2N2S2.CH4.Cu/c1-5-3(7)4(8)6-2;5-1-3(7)4(8)2-6;;/h2*7-8H;1H4;/p-4. The second-order valence-corrected chi connectivity index (χ2v) is 3.31. The molecule has 0 aromatic heterocycles. The fourth-order valence-corrected chi connectivity index (χ4v) is 0.380. The molecule has 99 valence electrons. The van der Waals surface area contributed by atoms with Crippen LogP contribution in [0.25, 0.3) is 9.69 Å². The summed E-state index contributed by atoms with van der Waals surface area (Å²) < 4.78 is 0. The normalized spacial score (nSPS) is 9.56. The minimum Gasteiger partial charge on any atom is -0.826 e. The Balaban J connectivity index is -0.0000000980. The zero-order valence-corrected chi connectivity index (χ0v) is 11.9. The van der Waals surface area contributed by atoms with Gasteiger partial charge in [0.2, 0.25) is 0 Å². The fourth-order valence-electron chi connectivity index (χ4n) is 0.197. The molecule has 0 unspecified atom stereocenters. The van der Waals surface area contributed by atoms with Crippen LogP contribution in [0.2, 0.25) is 0 Å². The van der Waals surface area contributed by atoms with Crippen LogP contribution in [0, 0.1) is 35.8 Å². The van der Waals surface area contributed by atoms with E-state index in [4.69, 9.17) is 23.7 Å². The molecule has 0 aromatic rings. The van der Waals surface area contributed by atoms with Crippen LogP contribution in [-0.2, 0) is 67.6 Å². The molecule has 0 saturated heterocycles. The van der Waals surface area contributed by atoms with Crippen LogP contribution >= 0.6 is 0 Å². The molecule has 9 heteroatoms. The largest absolute Gasteiger partial charge is 0.826 e. The van der Waals surface area contributed by atoms with Gasteiger partial charge in [-0.3, -0.25) is 9.69 Å². The summed E-state index contributed by atoms with van der Waals surface area (Å²) >= 11 is 17.4. The minimum absolute atomic E-state index is 0. The van der Waals surface area contributed by atoms with Crippen molar-refractivity contribution >= 4 is 50.5 Å². The van der Waals surface area contributed by atoms with Gasteiger partial charge in [0, 0.05) is 27.1 Å². The summed E-state index contributed by atoms with van der Waals surface area (Å²) in [5.74, 6) is 0. The van der Waals surface area contributed by atoms with Crippen molar-refractivity contribution in [3.63, 3.8) is 0 Å². The molecule has 0 aliphatic heterocycles. The van der Waals surface area contributed by atoms with E-state index in [1.807, 2.05) is 0 Å². The van der Waals surface area contributed by atoms with Crippen molar-refractivity contribution in [1.29, 1.82) is 10.5 Å². The maximum absolute atomic E-state index is 8.01. The van der Waals surface area contributed by atoms with Gasteiger partial charge in [0.05, 0.1) is 25.3 Å². The molecule has 0 aliphatic rings. The van der Waals surface area contributed by atoms with Crippen LogP contribution in [0.5, 0.6) is 0 Å². The van der Waals surface area contributed by atoms with E-state index < -0.39 is 0 Å². The SMILES string of the molecule is C.N#CC([S-])=C([S-])C#N.[C-]#[N+]C([S-])=C([S-])[N+]#[C-].[Cu]. The molecule has 1 radical (unpaired) electrons. The molecule has 0 atom stereocenters. The summed E-state index contributed by atoms with van der Waals surface area (Å²) in [6.45, 7) is 12.6. The van der Waals surface area contributed by atoms with Gasteiger partial charge in [-0.15, -0.1) is 9.81 Å². The van der Waals surface area contributed by atoms with Crippen molar-refractivity contribution in [3.05, 3.63) is 42.7 Å². The number of nitrogens with zero attached hydrogens (tertiary/aromatic N) is 4. The summed E-state index contributed by atoms with van der Waals surface area (Å²) in [5.41, 5.74) is 0. The molecule has 0 aliphatic carbocycles. The number of allylic oxidation sites excluding steroid dienone is 2. The summed E-state index contributed by atoms with van der Waals surface area (Å²) in [4.78, 5) is 5.35. The van der Waals surface area contributed by atoms with Crippen molar-refractivity contribution in [2.75, 3.05) is 0 Å². The van der Waals surface area contributed by atoms with Gasteiger partial charge in [0.15, 0.2) is 0 Å². The van der Waals surface area contributed by atoms with Crippen LogP contribution in [0.4, 0.5) is 0 Å². The van der Waals surface area contributed by atoms with Gasteiger partial charge in [-0.05, 0) is 0 Å². The molecule has 0 fully saturated rings. The Morgan fingerprint density at radius 3 is 1.17 bits per heavy atom. The van der Waals surface area contributed by atoms with Crippen LogP contribution in [0.3, 0.4) is 0 Å². The molecule has 0 aromatic carbocycles. The number of hydrogen-bond acceptors (Lipinski definition) is 6. The van der Waals surface area contributed by atoms with E-state index in [0.717, 1.165) is 0 Å². The molecular weight excluding hydrogens is 356 g/mol. The van der Waals surface area contributed by atoms with E-state index in [1.165, 1.54) is 0 Å². The molecule has 0 saturated carbocycles. The molecule has 0 amide bonds. The van der Waals surface area contributed by atoms with Gasteiger partial charge in [-0.2, -0.15) is 10.5 Å². The summed E-state index contributed by atoms with van der Waals surface area (Å²) in [5, 5.41) is 15.8. The number of nitriles is 2. The molecule has 0 heterocycles. The third-order valence-corrected chi connectivity index (χ3v) is 2.21. The molecular formula is C9H4CuN4S4-4. The van der Waals surface area contributed by atoms with Crippen LogP contribution in [-0.4, -0.2) is 0 Å². The predicted molar refractivity (Wildman–Crippen MR) is 74.7 cm³/mol. The smallest absolute Gasteiger partial charge is 0.0878 e. The van der Waals surface area contributed by atoms with E-state index in [0.29, 0.717) is 0 Å². The monoisotopic (exact) mass is 359 g/mol. The molecule has 0 bridgehead atoms. The minimum atomic E-state index is -0.116. The number of hydrogen-bond donors (Lipinski definition) is 0. The van der Waals surface area contributed by atoms with E-state index in [2.05, 4.69) is 60.2 Å².